The molecule has 2 aromatic carbocycles. The lowest BCUT2D eigenvalue weighted by Gasteiger charge is -2.53. The fraction of sp³-hybridized carbons (Fsp3) is 0.440. The summed E-state index contributed by atoms with van der Waals surface area (Å²) in [5, 5.41) is 2.67. The lowest BCUT2D eigenvalue weighted by Crippen LogP contribution is -2.61. The highest BCUT2D eigenvalue weighted by molar-refractivity contribution is 6.33. The fourth-order valence-corrected chi connectivity index (χ4v) is 5.07. The maximum absolute atomic E-state index is 14.3. The molecule has 36 heavy (non-hydrogen) atoms. The maximum atomic E-state index is 14.3. The van der Waals surface area contributed by atoms with Gasteiger partial charge in [0.1, 0.15) is 0 Å². The molecule has 0 radical (unpaired) electrons. The summed E-state index contributed by atoms with van der Waals surface area (Å²) < 4.78 is 75.0. The van der Waals surface area contributed by atoms with Crippen molar-refractivity contribution in [2.24, 2.45) is 11.8 Å². The lowest BCUT2D eigenvalue weighted by molar-refractivity contribution is -0.278. The highest BCUT2D eigenvalue weighted by atomic mass is 35.5. The summed E-state index contributed by atoms with van der Waals surface area (Å²) in [5.41, 5.74) is -1.52. The summed E-state index contributed by atoms with van der Waals surface area (Å²) in [4.78, 5) is 25.0. The zero-order valence-electron chi connectivity index (χ0n) is 19.6. The number of ether oxygens (including phenoxy) is 1. The largest absolute Gasteiger partial charge is 0.454 e. The number of amides is 1. The first kappa shape index (κ1) is 28.2. The van der Waals surface area contributed by atoms with E-state index in [1.807, 2.05) is 0 Å². The summed E-state index contributed by atoms with van der Waals surface area (Å²) in [6, 6.07) is 9.37. The average Bonchev–Trinajstić information content (AvgIpc) is 2.75. The van der Waals surface area contributed by atoms with Crippen molar-refractivity contribution in [2.75, 3.05) is 5.32 Å². The SMILES string of the molecule is CCC1C(F)(F)CC1(OC(C)=O)c1ccc(Cl)c(NC(=O)[C@H](c2ccc(Cl)cc2)[C@@H](C)C(F)(F)F)c1. The Morgan fingerprint density at radius 1 is 1.14 bits per heavy atom. The molecule has 3 rings (SSSR count). The zero-order valence-corrected chi connectivity index (χ0v) is 21.1. The smallest absolute Gasteiger partial charge is 0.392 e. The van der Waals surface area contributed by atoms with Gasteiger partial charge in [-0.1, -0.05) is 55.2 Å². The van der Waals surface area contributed by atoms with Crippen molar-refractivity contribution in [1.29, 1.82) is 0 Å². The van der Waals surface area contributed by atoms with Crippen LogP contribution in [0.4, 0.5) is 27.6 Å². The number of alkyl halides is 5. The molecule has 1 fully saturated rings. The number of carbonyl (C=O) groups excluding carboxylic acids is 2. The quantitative estimate of drug-likeness (QED) is 0.283. The van der Waals surface area contributed by atoms with Crippen molar-refractivity contribution in [3.63, 3.8) is 0 Å². The van der Waals surface area contributed by atoms with Crippen LogP contribution in [0.25, 0.3) is 0 Å². The van der Waals surface area contributed by atoms with E-state index < -0.39 is 53.8 Å². The first-order chi connectivity index (χ1) is 16.6. The van der Waals surface area contributed by atoms with E-state index in [1.54, 1.807) is 0 Å². The zero-order chi connectivity index (χ0) is 27.1. The van der Waals surface area contributed by atoms with Gasteiger partial charge in [0.25, 0.3) is 5.92 Å². The van der Waals surface area contributed by atoms with Gasteiger partial charge in [0, 0.05) is 11.9 Å². The van der Waals surface area contributed by atoms with Crippen LogP contribution in [0.15, 0.2) is 42.5 Å². The second kappa shape index (κ2) is 10.2. The van der Waals surface area contributed by atoms with Crippen molar-refractivity contribution in [3.05, 3.63) is 63.6 Å². The van der Waals surface area contributed by atoms with Crippen LogP contribution in [-0.4, -0.2) is 24.0 Å². The Balaban J connectivity index is 2.01. The highest BCUT2D eigenvalue weighted by Crippen LogP contribution is 2.60. The van der Waals surface area contributed by atoms with Gasteiger partial charge in [-0.3, -0.25) is 9.59 Å². The van der Waals surface area contributed by atoms with Gasteiger partial charge in [0.05, 0.1) is 34.9 Å². The minimum absolute atomic E-state index is 0.00760. The second-order valence-corrected chi connectivity index (χ2v) is 9.77. The van der Waals surface area contributed by atoms with Gasteiger partial charge in [0.15, 0.2) is 5.60 Å². The minimum atomic E-state index is -4.70. The average molecular weight is 552 g/mol. The summed E-state index contributed by atoms with van der Waals surface area (Å²) in [5.74, 6) is -9.91. The van der Waals surface area contributed by atoms with E-state index in [0.717, 1.165) is 13.8 Å². The Kier molecular flexibility index (Phi) is 7.96. The van der Waals surface area contributed by atoms with Crippen LogP contribution in [0.3, 0.4) is 0 Å². The van der Waals surface area contributed by atoms with Crippen molar-refractivity contribution < 1.29 is 36.3 Å². The Bertz CT molecular complexity index is 1140. The predicted molar refractivity (Wildman–Crippen MR) is 126 cm³/mol. The summed E-state index contributed by atoms with van der Waals surface area (Å²) >= 11 is 12.1. The van der Waals surface area contributed by atoms with E-state index >= 15 is 0 Å². The molecule has 2 unspecified atom stereocenters. The molecular weight excluding hydrogens is 528 g/mol. The number of nitrogens with one attached hydrogen (secondary N) is 1. The van der Waals surface area contributed by atoms with Crippen LogP contribution in [0.5, 0.6) is 0 Å². The molecule has 0 bridgehead atoms. The highest BCUT2D eigenvalue weighted by Gasteiger charge is 2.68. The molecule has 0 aliphatic heterocycles. The number of hydrogen-bond donors (Lipinski definition) is 1. The van der Waals surface area contributed by atoms with Crippen LogP contribution in [0.2, 0.25) is 10.0 Å². The van der Waals surface area contributed by atoms with Crippen LogP contribution >= 0.6 is 23.2 Å². The first-order valence-electron chi connectivity index (χ1n) is 11.1. The third kappa shape index (κ3) is 5.47. The van der Waals surface area contributed by atoms with Crippen LogP contribution in [0, 0.1) is 11.8 Å². The maximum Gasteiger partial charge on any atom is 0.392 e. The third-order valence-electron chi connectivity index (χ3n) is 6.55. The number of carbonyl (C=O) groups is 2. The van der Waals surface area contributed by atoms with Gasteiger partial charge in [0.2, 0.25) is 5.91 Å². The van der Waals surface area contributed by atoms with Gasteiger partial charge in [-0.25, -0.2) is 8.78 Å². The van der Waals surface area contributed by atoms with Crippen LogP contribution in [-0.2, 0) is 19.9 Å². The molecule has 2 aromatic rings. The molecule has 0 aromatic heterocycles. The standard InChI is InChI=1S/C25H24Cl2F5NO3/c1-4-20-23(36-14(3)34,12-24(20,28)29)16-7-10-18(27)19(11-16)33-22(35)21(13(2)25(30,31)32)15-5-8-17(26)9-6-15/h5-11,13,20-21H,4,12H2,1-3H3,(H,33,35)/t13-,20?,21+,23?/m1/s1. The first-order valence-corrected chi connectivity index (χ1v) is 11.9. The van der Waals surface area contributed by atoms with Crippen molar-refractivity contribution in [2.45, 2.75) is 57.2 Å². The lowest BCUT2D eigenvalue weighted by atomic mass is 9.61. The van der Waals surface area contributed by atoms with E-state index in [4.69, 9.17) is 27.9 Å². The van der Waals surface area contributed by atoms with Gasteiger partial charge < -0.3 is 10.1 Å². The van der Waals surface area contributed by atoms with E-state index in [1.165, 1.54) is 49.4 Å². The molecule has 11 heteroatoms. The normalized spacial score (nSPS) is 22.8. The Morgan fingerprint density at radius 2 is 1.75 bits per heavy atom. The van der Waals surface area contributed by atoms with E-state index in [2.05, 4.69) is 5.32 Å². The summed E-state index contributed by atoms with van der Waals surface area (Å²) in [7, 11) is 0. The Hall–Kier alpha value is -2.39. The predicted octanol–water partition coefficient (Wildman–Crippen LogP) is 7.74. The molecule has 1 saturated carbocycles. The van der Waals surface area contributed by atoms with Crippen molar-refractivity contribution >= 4 is 40.8 Å². The number of anilines is 1. The molecule has 0 spiro atoms. The fourth-order valence-electron chi connectivity index (χ4n) is 4.78. The van der Waals surface area contributed by atoms with Crippen LogP contribution < -0.4 is 5.32 Å². The number of rotatable bonds is 7. The topological polar surface area (TPSA) is 55.4 Å². The molecular formula is C25H24Cl2F5NO3. The molecule has 1 amide bonds. The summed E-state index contributed by atoms with van der Waals surface area (Å²) in [6.07, 6.45) is -5.48. The number of esters is 1. The Morgan fingerprint density at radius 3 is 2.25 bits per heavy atom. The molecule has 4 nitrogen and oxygen atoms in total. The van der Waals surface area contributed by atoms with Crippen molar-refractivity contribution in [1.82, 2.24) is 0 Å². The molecule has 4 atom stereocenters. The van der Waals surface area contributed by atoms with Gasteiger partial charge >= 0.3 is 12.1 Å². The van der Waals surface area contributed by atoms with Gasteiger partial charge in [-0.15, -0.1) is 0 Å². The number of halogens is 7. The second-order valence-electron chi connectivity index (χ2n) is 8.93. The van der Waals surface area contributed by atoms with Crippen molar-refractivity contribution in [3.8, 4) is 0 Å². The molecule has 1 aliphatic rings. The molecule has 1 N–H and O–H groups in total. The minimum Gasteiger partial charge on any atom is -0.454 e. The molecule has 0 heterocycles. The monoisotopic (exact) mass is 551 g/mol. The Labute approximate surface area is 215 Å². The van der Waals surface area contributed by atoms with E-state index in [0.29, 0.717) is 0 Å². The third-order valence-corrected chi connectivity index (χ3v) is 7.13. The summed E-state index contributed by atoms with van der Waals surface area (Å²) in [6.45, 7) is 3.51. The molecule has 1 aliphatic carbocycles. The number of benzene rings is 2. The van der Waals surface area contributed by atoms with Crippen LogP contribution in [0.1, 0.15) is 50.7 Å². The number of hydrogen-bond acceptors (Lipinski definition) is 3. The van der Waals surface area contributed by atoms with E-state index in [9.17, 15) is 31.5 Å². The molecule has 196 valence electrons. The molecule has 0 saturated heterocycles. The van der Waals surface area contributed by atoms with Gasteiger partial charge in [-0.05, 0) is 41.8 Å². The van der Waals surface area contributed by atoms with E-state index in [-0.39, 0.29) is 33.3 Å². The van der Waals surface area contributed by atoms with Gasteiger partial charge in [-0.2, -0.15) is 13.2 Å².